The fourth-order valence-corrected chi connectivity index (χ4v) is 5.06. The second kappa shape index (κ2) is 10.8. The molecule has 1 aliphatic heterocycles. The SMILES string of the molecule is COc1ccc(-c2cc(C(=O)NC3CCN(Cc4ccccc4)CC3)c(C)n2-c2ccccc2)cc1. The summed E-state index contributed by atoms with van der Waals surface area (Å²) < 4.78 is 7.50. The van der Waals surface area contributed by atoms with E-state index in [1.807, 2.05) is 55.5 Å². The number of methoxy groups -OCH3 is 1. The lowest BCUT2D eigenvalue weighted by Gasteiger charge is -2.32. The zero-order valence-electron chi connectivity index (χ0n) is 21.0. The van der Waals surface area contributed by atoms with Crippen LogP contribution < -0.4 is 10.1 Å². The standard InChI is InChI=1S/C31H33N3O2/c1-23-29(31(35)32-26-17-19-33(20-18-26)22-24-9-5-3-6-10-24)21-30(25-13-15-28(36-2)16-14-25)34(23)27-11-7-4-8-12-27/h3-16,21,26H,17-20,22H2,1-2H3,(H,32,35). The Kier molecular flexibility index (Phi) is 7.19. The second-order valence-electron chi connectivity index (χ2n) is 9.44. The average Bonchev–Trinajstić information content (AvgIpc) is 3.28. The topological polar surface area (TPSA) is 46.5 Å². The van der Waals surface area contributed by atoms with E-state index < -0.39 is 0 Å². The first-order chi connectivity index (χ1) is 17.6. The summed E-state index contributed by atoms with van der Waals surface area (Å²) in [6.45, 7) is 4.96. The normalized spacial score (nSPS) is 14.5. The number of para-hydroxylation sites is 1. The van der Waals surface area contributed by atoms with Crippen LogP contribution in [0.25, 0.3) is 16.9 Å². The summed E-state index contributed by atoms with van der Waals surface area (Å²) in [5, 5.41) is 3.32. The summed E-state index contributed by atoms with van der Waals surface area (Å²) >= 11 is 0. The Bertz CT molecular complexity index is 1290. The molecule has 1 saturated heterocycles. The maximum atomic E-state index is 13.5. The largest absolute Gasteiger partial charge is 0.497 e. The lowest BCUT2D eigenvalue weighted by Crippen LogP contribution is -2.44. The molecule has 0 atom stereocenters. The minimum atomic E-state index is -0.00143. The van der Waals surface area contributed by atoms with Gasteiger partial charge in [-0.2, -0.15) is 0 Å². The lowest BCUT2D eigenvalue weighted by atomic mass is 10.0. The Balaban J connectivity index is 1.34. The van der Waals surface area contributed by atoms with Crippen molar-refractivity contribution < 1.29 is 9.53 Å². The van der Waals surface area contributed by atoms with Gasteiger partial charge in [-0.25, -0.2) is 0 Å². The Morgan fingerprint density at radius 2 is 1.56 bits per heavy atom. The summed E-state index contributed by atoms with van der Waals surface area (Å²) in [5.74, 6) is 0.809. The van der Waals surface area contributed by atoms with Crippen molar-refractivity contribution in [3.8, 4) is 22.7 Å². The van der Waals surface area contributed by atoms with E-state index in [1.165, 1.54) is 5.56 Å². The van der Waals surface area contributed by atoms with Gasteiger partial charge in [0.05, 0.1) is 18.4 Å². The van der Waals surface area contributed by atoms with E-state index in [-0.39, 0.29) is 11.9 Å². The number of aromatic nitrogens is 1. The van der Waals surface area contributed by atoms with Gasteiger partial charge in [0.1, 0.15) is 5.75 Å². The number of carbonyl (C=O) groups is 1. The number of likely N-dealkylation sites (tertiary alicyclic amines) is 1. The number of carbonyl (C=O) groups excluding carboxylic acids is 1. The molecule has 0 spiro atoms. The minimum Gasteiger partial charge on any atom is -0.497 e. The number of amides is 1. The molecule has 3 aromatic carbocycles. The quantitative estimate of drug-likeness (QED) is 0.361. The van der Waals surface area contributed by atoms with Gasteiger partial charge in [-0.3, -0.25) is 9.69 Å². The van der Waals surface area contributed by atoms with Crippen LogP contribution in [0.4, 0.5) is 0 Å². The monoisotopic (exact) mass is 479 g/mol. The summed E-state index contributed by atoms with van der Waals surface area (Å²) in [7, 11) is 1.67. The Hall–Kier alpha value is -3.83. The Morgan fingerprint density at radius 3 is 2.19 bits per heavy atom. The number of rotatable bonds is 7. The maximum Gasteiger partial charge on any atom is 0.253 e. The predicted octanol–water partition coefficient (Wildman–Crippen LogP) is 5.86. The fourth-order valence-electron chi connectivity index (χ4n) is 5.06. The van der Waals surface area contributed by atoms with Gasteiger partial charge in [0.25, 0.3) is 5.91 Å². The molecule has 1 amide bonds. The van der Waals surface area contributed by atoms with Gasteiger partial charge >= 0.3 is 0 Å². The van der Waals surface area contributed by atoms with Crippen molar-refractivity contribution in [1.82, 2.24) is 14.8 Å². The molecule has 5 heteroatoms. The highest BCUT2D eigenvalue weighted by atomic mass is 16.5. The molecule has 2 heterocycles. The molecule has 184 valence electrons. The summed E-state index contributed by atoms with van der Waals surface area (Å²) in [4.78, 5) is 15.9. The lowest BCUT2D eigenvalue weighted by molar-refractivity contribution is 0.0908. The van der Waals surface area contributed by atoms with Crippen LogP contribution in [0.2, 0.25) is 0 Å². The highest BCUT2D eigenvalue weighted by Crippen LogP contribution is 2.31. The third-order valence-electron chi connectivity index (χ3n) is 7.06. The van der Waals surface area contributed by atoms with E-state index in [9.17, 15) is 4.79 Å². The molecule has 1 aromatic heterocycles. The van der Waals surface area contributed by atoms with E-state index in [0.29, 0.717) is 0 Å². The number of nitrogens with zero attached hydrogens (tertiary/aromatic N) is 2. The van der Waals surface area contributed by atoms with Crippen LogP contribution in [0.3, 0.4) is 0 Å². The minimum absolute atomic E-state index is 0.00143. The summed E-state index contributed by atoms with van der Waals surface area (Å²) in [5.41, 5.74) is 6.06. The number of hydrogen-bond acceptors (Lipinski definition) is 3. The summed E-state index contributed by atoms with van der Waals surface area (Å²) in [6.07, 6.45) is 1.92. The van der Waals surface area contributed by atoms with E-state index in [0.717, 1.165) is 66.4 Å². The van der Waals surface area contributed by atoms with Gasteiger partial charge in [0.15, 0.2) is 0 Å². The Labute approximate surface area is 213 Å². The second-order valence-corrected chi connectivity index (χ2v) is 9.44. The van der Waals surface area contributed by atoms with Crippen LogP contribution in [-0.2, 0) is 6.54 Å². The number of piperidine rings is 1. The van der Waals surface area contributed by atoms with Gasteiger partial charge in [0, 0.05) is 37.1 Å². The first kappa shape index (κ1) is 23.9. The van der Waals surface area contributed by atoms with Gasteiger partial charge in [-0.05, 0) is 73.4 Å². The predicted molar refractivity (Wildman–Crippen MR) is 145 cm³/mol. The van der Waals surface area contributed by atoms with Crippen LogP contribution in [0, 0.1) is 6.92 Å². The third-order valence-corrected chi connectivity index (χ3v) is 7.06. The van der Waals surface area contributed by atoms with Crippen LogP contribution in [0.5, 0.6) is 5.75 Å². The van der Waals surface area contributed by atoms with Gasteiger partial charge in [-0.15, -0.1) is 0 Å². The van der Waals surface area contributed by atoms with Crippen LogP contribution in [0.15, 0.2) is 91.0 Å². The highest BCUT2D eigenvalue weighted by molar-refractivity contribution is 5.97. The van der Waals surface area contributed by atoms with Crippen LogP contribution in [0.1, 0.15) is 34.5 Å². The van der Waals surface area contributed by atoms with Crippen molar-refractivity contribution >= 4 is 5.91 Å². The molecule has 0 saturated carbocycles. The van der Waals surface area contributed by atoms with E-state index >= 15 is 0 Å². The molecule has 0 bridgehead atoms. The van der Waals surface area contributed by atoms with Gasteiger partial charge in [0.2, 0.25) is 0 Å². The average molecular weight is 480 g/mol. The van der Waals surface area contributed by atoms with Crippen molar-refractivity contribution in [3.63, 3.8) is 0 Å². The number of benzene rings is 3. The number of hydrogen-bond donors (Lipinski definition) is 1. The number of ether oxygens (including phenoxy) is 1. The maximum absolute atomic E-state index is 13.5. The van der Waals surface area contributed by atoms with E-state index in [4.69, 9.17) is 4.74 Å². The molecule has 1 N–H and O–H groups in total. The van der Waals surface area contributed by atoms with Crippen molar-refractivity contribution in [2.75, 3.05) is 20.2 Å². The zero-order chi connectivity index (χ0) is 24.9. The number of nitrogens with one attached hydrogen (secondary N) is 1. The highest BCUT2D eigenvalue weighted by Gasteiger charge is 2.24. The van der Waals surface area contributed by atoms with E-state index in [1.54, 1.807) is 7.11 Å². The van der Waals surface area contributed by atoms with Crippen LogP contribution >= 0.6 is 0 Å². The molecule has 0 radical (unpaired) electrons. The first-order valence-electron chi connectivity index (χ1n) is 12.6. The third kappa shape index (κ3) is 5.21. The van der Waals surface area contributed by atoms with Crippen molar-refractivity contribution in [3.05, 3.63) is 108 Å². The molecule has 5 rings (SSSR count). The molecule has 36 heavy (non-hydrogen) atoms. The molecular formula is C31H33N3O2. The van der Waals surface area contributed by atoms with Crippen LogP contribution in [-0.4, -0.2) is 41.6 Å². The molecule has 0 aliphatic carbocycles. The molecule has 1 aliphatic rings. The van der Waals surface area contributed by atoms with Gasteiger partial charge in [-0.1, -0.05) is 48.5 Å². The zero-order valence-corrected chi connectivity index (χ0v) is 21.0. The van der Waals surface area contributed by atoms with Crippen molar-refractivity contribution in [1.29, 1.82) is 0 Å². The van der Waals surface area contributed by atoms with Gasteiger partial charge < -0.3 is 14.6 Å². The smallest absolute Gasteiger partial charge is 0.253 e. The van der Waals surface area contributed by atoms with Crippen molar-refractivity contribution in [2.45, 2.75) is 32.4 Å². The Morgan fingerprint density at radius 1 is 0.917 bits per heavy atom. The summed E-state index contributed by atoms with van der Waals surface area (Å²) in [6, 6.07) is 31.0. The molecule has 5 nitrogen and oxygen atoms in total. The molecular weight excluding hydrogens is 446 g/mol. The van der Waals surface area contributed by atoms with Crippen molar-refractivity contribution in [2.24, 2.45) is 0 Å². The molecule has 4 aromatic rings. The molecule has 0 unspecified atom stereocenters. The fraction of sp³-hybridized carbons (Fsp3) is 0.258. The first-order valence-corrected chi connectivity index (χ1v) is 12.6. The van der Waals surface area contributed by atoms with E-state index in [2.05, 4.69) is 57.2 Å². The molecule has 1 fully saturated rings.